The first-order chi connectivity index (χ1) is 10.9. The number of hydrogen-bond acceptors (Lipinski definition) is 5. The topological polar surface area (TPSA) is 102 Å². The SMILES string of the molecule is CC[C@H](C)[C@H](NC(=O)c1cccc(OCC(=O)OC)c1)C(=O)O. The normalized spacial score (nSPS) is 12.8. The Labute approximate surface area is 134 Å². The highest BCUT2D eigenvalue weighted by Gasteiger charge is 2.25. The van der Waals surface area contributed by atoms with E-state index in [1.165, 1.54) is 19.2 Å². The van der Waals surface area contributed by atoms with Crippen LogP contribution in [0.2, 0.25) is 0 Å². The Morgan fingerprint density at radius 1 is 1.30 bits per heavy atom. The van der Waals surface area contributed by atoms with E-state index in [9.17, 15) is 19.5 Å². The summed E-state index contributed by atoms with van der Waals surface area (Å²) in [5.74, 6) is -2.01. The van der Waals surface area contributed by atoms with Gasteiger partial charge in [-0.2, -0.15) is 0 Å². The van der Waals surface area contributed by atoms with E-state index in [-0.39, 0.29) is 18.1 Å². The van der Waals surface area contributed by atoms with Crippen LogP contribution in [0.4, 0.5) is 0 Å². The van der Waals surface area contributed by atoms with E-state index in [2.05, 4.69) is 10.1 Å². The second-order valence-corrected chi connectivity index (χ2v) is 5.07. The molecule has 1 amide bonds. The van der Waals surface area contributed by atoms with Gasteiger partial charge in [0.05, 0.1) is 7.11 Å². The van der Waals surface area contributed by atoms with Crippen molar-refractivity contribution in [3.63, 3.8) is 0 Å². The standard InChI is InChI=1S/C16H21NO6/c1-4-10(2)14(16(20)21)17-15(19)11-6-5-7-12(8-11)23-9-13(18)22-3/h5-8,10,14H,4,9H2,1-3H3,(H,17,19)(H,20,21)/t10-,14-/m0/s1. The van der Waals surface area contributed by atoms with Crippen LogP contribution in [0.25, 0.3) is 0 Å². The lowest BCUT2D eigenvalue weighted by molar-refractivity contribution is -0.143. The minimum absolute atomic E-state index is 0.199. The van der Waals surface area contributed by atoms with Crippen LogP contribution in [-0.2, 0) is 14.3 Å². The first-order valence-electron chi connectivity index (χ1n) is 7.22. The molecule has 0 aliphatic heterocycles. The molecule has 0 bridgehead atoms. The number of carbonyl (C=O) groups excluding carboxylic acids is 2. The van der Waals surface area contributed by atoms with E-state index < -0.39 is 23.9 Å². The molecule has 1 rings (SSSR count). The summed E-state index contributed by atoms with van der Waals surface area (Å²) in [5, 5.41) is 11.7. The maximum atomic E-state index is 12.2. The smallest absolute Gasteiger partial charge is 0.343 e. The number of aliphatic carboxylic acids is 1. The fourth-order valence-corrected chi connectivity index (χ4v) is 1.84. The van der Waals surface area contributed by atoms with Gasteiger partial charge < -0.3 is 19.9 Å². The second kappa shape index (κ2) is 8.77. The number of ether oxygens (including phenoxy) is 2. The van der Waals surface area contributed by atoms with Crippen molar-refractivity contribution >= 4 is 17.8 Å². The Bertz CT molecular complexity index is 571. The molecule has 7 nitrogen and oxygen atoms in total. The zero-order valence-corrected chi connectivity index (χ0v) is 13.4. The van der Waals surface area contributed by atoms with Crippen molar-refractivity contribution in [1.82, 2.24) is 5.32 Å². The van der Waals surface area contributed by atoms with Crippen LogP contribution in [0.5, 0.6) is 5.75 Å². The second-order valence-electron chi connectivity index (χ2n) is 5.07. The summed E-state index contributed by atoms with van der Waals surface area (Å²) in [4.78, 5) is 34.5. The Hall–Kier alpha value is -2.57. The molecule has 0 fully saturated rings. The third kappa shape index (κ3) is 5.61. The number of carboxylic acids is 1. The number of carboxylic acid groups (broad SMARTS) is 1. The monoisotopic (exact) mass is 323 g/mol. The largest absolute Gasteiger partial charge is 0.482 e. The molecule has 0 aliphatic rings. The predicted molar refractivity (Wildman–Crippen MR) is 82.3 cm³/mol. The number of hydrogen-bond donors (Lipinski definition) is 2. The molecule has 0 aromatic heterocycles. The molecule has 0 heterocycles. The van der Waals surface area contributed by atoms with Crippen LogP contribution < -0.4 is 10.1 Å². The number of benzene rings is 1. The Kier molecular flexibility index (Phi) is 7.05. The van der Waals surface area contributed by atoms with Gasteiger partial charge in [-0.05, 0) is 24.1 Å². The molecule has 1 aromatic carbocycles. The zero-order chi connectivity index (χ0) is 17.4. The summed E-state index contributed by atoms with van der Waals surface area (Å²) in [6, 6.07) is 5.18. The molecule has 2 N–H and O–H groups in total. The number of rotatable bonds is 8. The molecule has 0 aliphatic carbocycles. The molecule has 0 unspecified atom stereocenters. The predicted octanol–water partition coefficient (Wildman–Crippen LogP) is 1.47. The summed E-state index contributed by atoms with van der Waals surface area (Å²) in [6.45, 7) is 3.34. The number of methoxy groups -OCH3 is 1. The quantitative estimate of drug-likeness (QED) is 0.702. The maximum Gasteiger partial charge on any atom is 0.343 e. The molecule has 7 heteroatoms. The van der Waals surface area contributed by atoms with E-state index in [4.69, 9.17) is 4.74 Å². The van der Waals surface area contributed by atoms with Gasteiger partial charge in [0.1, 0.15) is 11.8 Å². The third-order valence-electron chi connectivity index (χ3n) is 3.45. The van der Waals surface area contributed by atoms with Gasteiger partial charge >= 0.3 is 11.9 Å². The average Bonchev–Trinajstić information content (AvgIpc) is 2.56. The van der Waals surface area contributed by atoms with Gasteiger partial charge in [0.25, 0.3) is 5.91 Å². The molecule has 0 saturated heterocycles. The Balaban J connectivity index is 2.79. The lowest BCUT2D eigenvalue weighted by Crippen LogP contribution is -2.45. The van der Waals surface area contributed by atoms with Crippen LogP contribution in [0.3, 0.4) is 0 Å². The lowest BCUT2D eigenvalue weighted by atomic mass is 9.99. The van der Waals surface area contributed by atoms with E-state index in [1.54, 1.807) is 19.1 Å². The van der Waals surface area contributed by atoms with E-state index >= 15 is 0 Å². The van der Waals surface area contributed by atoms with Gasteiger partial charge in [0.15, 0.2) is 6.61 Å². The molecule has 1 aromatic rings. The number of nitrogens with one attached hydrogen (secondary N) is 1. The molecular formula is C16H21NO6. The molecule has 2 atom stereocenters. The summed E-state index contributed by atoms with van der Waals surface area (Å²) in [6.07, 6.45) is 0.625. The molecule has 23 heavy (non-hydrogen) atoms. The molecule has 126 valence electrons. The summed E-state index contributed by atoms with van der Waals surface area (Å²) < 4.78 is 9.66. The fourth-order valence-electron chi connectivity index (χ4n) is 1.84. The first kappa shape index (κ1) is 18.5. The Morgan fingerprint density at radius 3 is 2.57 bits per heavy atom. The van der Waals surface area contributed by atoms with Gasteiger partial charge in [-0.1, -0.05) is 26.3 Å². The molecular weight excluding hydrogens is 302 g/mol. The molecule has 0 radical (unpaired) electrons. The molecule has 0 spiro atoms. The van der Waals surface area contributed by atoms with E-state index in [0.717, 1.165) is 0 Å². The van der Waals surface area contributed by atoms with Crippen molar-refractivity contribution in [2.75, 3.05) is 13.7 Å². The van der Waals surface area contributed by atoms with E-state index in [1.807, 2.05) is 6.92 Å². The highest BCUT2D eigenvalue weighted by Crippen LogP contribution is 2.15. The van der Waals surface area contributed by atoms with E-state index in [0.29, 0.717) is 12.2 Å². The van der Waals surface area contributed by atoms with Crippen LogP contribution in [0, 0.1) is 5.92 Å². The third-order valence-corrected chi connectivity index (χ3v) is 3.45. The number of esters is 1. The number of amides is 1. The van der Waals surface area contributed by atoms with Crippen molar-refractivity contribution in [2.24, 2.45) is 5.92 Å². The van der Waals surface area contributed by atoms with Crippen molar-refractivity contribution in [3.8, 4) is 5.75 Å². The summed E-state index contributed by atoms with van der Waals surface area (Å²) >= 11 is 0. The highest BCUT2D eigenvalue weighted by molar-refractivity contribution is 5.97. The van der Waals surface area contributed by atoms with Crippen LogP contribution in [-0.4, -0.2) is 42.7 Å². The van der Waals surface area contributed by atoms with Gasteiger partial charge in [0, 0.05) is 5.56 Å². The summed E-state index contributed by atoms with van der Waals surface area (Å²) in [7, 11) is 1.25. The van der Waals surface area contributed by atoms with Crippen LogP contribution in [0.15, 0.2) is 24.3 Å². The van der Waals surface area contributed by atoms with Crippen molar-refractivity contribution < 1.29 is 29.0 Å². The minimum atomic E-state index is -1.08. The lowest BCUT2D eigenvalue weighted by Gasteiger charge is -2.20. The fraction of sp³-hybridized carbons (Fsp3) is 0.438. The van der Waals surface area contributed by atoms with Crippen LogP contribution >= 0.6 is 0 Å². The molecule has 0 saturated carbocycles. The van der Waals surface area contributed by atoms with Crippen molar-refractivity contribution in [2.45, 2.75) is 26.3 Å². The van der Waals surface area contributed by atoms with Crippen molar-refractivity contribution in [1.29, 1.82) is 0 Å². The zero-order valence-electron chi connectivity index (χ0n) is 13.4. The summed E-state index contributed by atoms with van der Waals surface area (Å²) in [5.41, 5.74) is 0.252. The maximum absolute atomic E-state index is 12.2. The van der Waals surface area contributed by atoms with Gasteiger partial charge in [-0.3, -0.25) is 4.79 Å². The minimum Gasteiger partial charge on any atom is -0.482 e. The Morgan fingerprint density at radius 2 is 2.00 bits per heavy atom. The average molecular weight is 323 g/mol. The van der Waals surface area contributed by atoms with Crippen molar-refractivity contribution in [3.05, 3.63) is 29.8 Å². The van der Waals surface area contributed by atoms with Gasteiger partial charge in [0.2, 0.25) is 0 Å². The van der Waals surface area contributed by atoms with Gasteiger partial charge in [-0.15, -0.1) is 0 Å². The van der Waals surface area contributed by atoms with Crippen LogP contribution in [0.1, 0.15) is 30.6 Å². The highest BCUT2D eigenvalue weighted by atomic mass is 16.6. The first-order valence-corrected chi connectivity index (χ1v) is 7.22. The van der Waals surface area contributed by atoms with Gasteiger partial charge in [-0.25, -0.2) is 9.59 Å². The number of carbonyl (C=O) groups is 3.